The van der Waals surface area contributed by atoms with Crippen LogP contribution in [0.2, 0.25) is 0 Å². The molecular weight excluding hydrogens is 1130 g/mol. The molecule has 14 aromatic carbocycles. The maximum atomic E-state index is 7.32. The smallest absolute Gasteiger partial charge is 0.256 e. The second kappa shape index (κ2) is 21.2. The number of hydrogen-bond donors (Lipinski definition) is 0. The fourth-order valence-corrected chi connectivity index (χ4v) is 15.6. The Morgan fingerprint density at radius 2 is 0.624 bits per heavy atom. The number of rotatable bonds is 10. The number of benzene rings is 14. The molecule has 93 heavy (non-hydrogen) atoms. The predicted octanol–water partition coefficient (Wildman–Crippen LogP) is 18.2. The first kappa shape index (κ1) is 52.7. The molecule has 0 spiro atoms. The van der Waals surface area contributed by atoms with Crippen molar-refractivity contribution < 1.29 is 4.74 Å². The van der Waals surface area contributed by atoms with E-state index < -0.39 is 0 Å². The molecule has 4 aliphatic rings. The number of para-hydroxylation sites is 12. The van der Waals surface area contributed by atoms with E-state index in [1.54, 1.807) is 0 Å². The second-order valence-corrected chi connectivity index (χ2v) is 24.4. The summed E-state index contributed by atoms with van der Waals surface area (Å²) in [5.74, 6) is 1.68. The van der Waals surface area contributed by atoms with Crippen LogP contribution in [0.4, 0.5) is 85.3 Å². The Morgan fingerprint density at radius 1 is 0.237 bits per heavy atom. The highest BCUT2D eigenvalue weighted by Crippen LogP contribution is 2.52. The summed E-state index contributed by atoms with van der Waals surface area (Å²) >= 11 is 0. The number of fused-ring (bicyclic) bond motifs is 11. The average molecular weight is 1190 g/mol. The van der Waals surface area contributed by atoms with Crippen LogP contribution in [-0.4, -0.2) is 18.0 Å². The van der Waals surface area contributed by atoms with Crippen molar-refractivity contribution in [3.63, 3.8) is 0 Å². The number of nitrogens with zero attached hydrogens (tertiary/aromatic N) is 6. The Labute approximate surface area is 540 Å². The van der Waals surface area contributed by atoms with Crippen molar-refractivity contribution in [1.29, 1.82) is 0 Å². The van der Waals surface area contributed by atoms with E-state index in [9.17, 15) is 0 Å². The summed E-state index contributed by atoms with van der Waals surface area (Å²) in [6.07, 6.45) is 0. The number of anilines is 15. The Kier molecular flexibility index (Phi) is 12.0. The van der Waals surface area contributed by atoms with E-state index in [2.05, 4.69) is 369 Å². The van der Waals surface area contributed by atoms with Gasteiger partial charge in [-0.2, -0.15) is 0 Å². The van der Waals surface area contributed by atoms with E-state index in [1.807, 2.05) is 0 Å². The normalized spacial score (nSPS) is 12.9. The van der Waals surface area contributed by atoms with Crippen LogP contribution in [0.3, 0.4) is 0 Å². The highest BCUT2D eigenvalue weighted by Gasteiger charge is 2.49. The SMILES string of the molecule is c1ccc(N(c2ccccc2)c2cc3c4c(c2)N(c2ccccc2)c2cc5c(cc2B4c2ccccc2O3)B2c3ccccc3N(c3ccccc3)c3cc(N(c4ccccc4)c4ccccc4)cc(c32)N5c2ccccc2-n2c3ccccc3c3ccccc32)cc1. The van der Waals surface area contributed by atoms with Crippen molar-refractivity contribution >= 4 is 153 Å². The van der Waals surface area contributed by atoms with Gasteiger partial charge in [0.15, 0.2) is 0 Å². The van der Waals surface area contributed by atoms with Gasteiger partial charge in [-0.1, -0.05) is 200 Å². The lowest BCUT2D eigenvalue weighted by Crippen LogP contribution is -2.64. The molecule has 0 unspecified atom stereocenters. The van der Waals surface area contributed by atoms with Gasteiger partial charge >= 0.3 is 0 Å². The lowest BCUT2D eigenvalue weighted by Gasteiger charge is -2.47. The third-order valence-electron chi connectivity index (χ3n) is 19.3. The monoisotopic (exact) mass is 1190 g/mol. The van der Waals surface area contributed by atoms with Gasteiger partial charge in [-0.25, -0.2) is 0 Å². The van der Waals surface area contributed by atoms with Crippen LogP contribution in [0.15, 0.2) is 340 Å². The quantitative estimate of drug-likeness (QED) is 0.127. The third kappa shape index (κ3) is 8.20. The summed E-state index contributed by atoms with van der Waals surface area (Å²) in [7, 11) is 0. The minimum Gasteiger partial charge on any atom is -0.458 e. The van der Waals surface area contributed by atoms with Gasteiger partial charge in [-0.15, -0.1) is 0 Å². The molecule has 0 atom stereocenters. The largest absolute Gasteiger partial charge is 0.458 e. The first-order valence-corrected chi connectivity index (χ1v) is 32.0. The van der Waals surface area contributed by atoms with Gasteiger partial charge in [0.25, 0.3) is 13.4 Å². The summed E-state index contributed by atoms with van der Waals surface area (Å²) in [4.78, 5) is 12.4. The van der Waals surface area contributed by atoms with Gasteiger partial charge in [0.05, 0.1) is 33.8 Å². The van der Waals surface area contributed by atoms with Crippen LogP contribution in [0.5, 0.6) is 11.5 Å². The maximum absolute atomic E-state index is 7.32. The molecule has 9 heteroatoms. The molecule has 0 bridgehead atoms. The lowest BCUT2D eigenvalue weighted by atomic mass is 9.30. The first-order valence-electron chi connectivity index (χ1n) is 32.0. The number of hydrogen-bond acceptors (Lipinski definition) is 6. The molecule has 0 saturated carbocycles. The van der Waals surface area contributed by atoms with Crippen molar-refractivity contribution in [2.45, 2.75) is 0 Å². The van der Waals surface area contributed by atoms with Crippen LogP contribution in [-0.2, 0) is 0 Å². The topological polar surface area (TPSA) is 30.4 Å². The highest BCUT2D eigenvalue weighted by molar-refractivity contribution is 7.02. The van der Waals surface area contributed by atoms with Crippen molar-refractivity contribution in [2.75, 3.05) is 24.5 Å². The van der Waals surface area contributed by atoms with E-state index in [4.69, 9.17) is 4.74 Å². The molecule has 0 amide bonds. The van der Waals surface area contributed by atoms with Gasteiger partial charge in [-0.3, -0.25) is 0 Å². The molecule has 15 aromatic rings. The minimum atomic E-state index is -0.215. The molecule has 0 N–H and O–H groups in total. The van der Waals surface area contributed by atoms with E-state index in [-0.39, 0.29) is 13.4 Å². The predicted molar refractivity (Wildman–Crippen MR) is 390 cm³/mol. The van der Waals surface area contributed by atoms with Crippen molar-refractivity contribution in [3.05, 3.63) is 340 Å². The van der Waals surface area contributed by atoms with Crippen LogP contribution in [0, 0.1) is 0 Å². The molecule has 1 aromatic heterocycles. The molecule has 0 saturated heterocycles. The minimum absolute atomic E-state index is 0.206. The molecule has 5 heterocycles. The Bertz CT molecular complexity index is 5290. The fraction of sp³-hybridized carbons (Fsp3) is 0. The molecule has 0 radical (unpaired) electrons. The van der Waals surface area contributed by atoms with Crippen molar-refractivity contribution in [3.8, 4) is 17.2 Å². The molecule has 7 nitrogen and oxygen atoms in total. The molecule has 434 valence electrons. The fourth-order valence-electron chi connectivity index (χ4n) is 15.6. The van der Waals surface area contributed by atoms with E-state index >= 15 is 0 Å². The van der Waals surface area contributed by atoms with Gasteiger partial charge in [0.2, 0.25) is 0 Å². The van der Waals surface area contributed by atoms with Crippen LogP contribution < -0.4 is 62.0 Å². The van der Waals surface area contributed by atoms with E-state index in [0.717, 1.165) is 124 Å². The summed E-state index contributed by atoms with van der Waals surface area (Å²) in [6.45, 7) is -0.421. The number of aromatic nitrogens is 1. The summed E-state index contributed by atoms with van der Waals surface area (Å²) in [5, 5.41) is 2.41. The second-order valence-electron chi connectivity index (χ2n) is 24.4. The van der Waals surface area contributed by atoms with Crippen molar-refractivity contribution in [1.82, 2.24) is 4.57 Å². The van der Waals surface area contributed by atoms with E-state index in [0.29, 0.717) is 0 Å². The zero-order valence-electron chi connectivity index (χ0n) is 50.6. The molecule has 0 aliphatic carbocycles. The standard InChI is InChI=1S/C84H56B2N6O/c1-7-29-57(30-8-1)87(58-31-9-2-10-32-58)63-51-78-83-79(52-63)92(75-49-27-26-48-74(75)91-71-45-23-19-41-65(71)66-42-20-24-46-72(66)91)77-56-76-69(55-70(77)85(83)67-43-21-25-47-73(67)89(78)61-37-15-5-16-38-61)86-68-44-22-28-50-81(68)93-82-54-64(53-80(84(82)86)90(76)62-39-17-6-18-40-62)88(59-33-11-3-12-34-59)60-35-13-4-14-36-60/h1-56H. The highest BCUT2D eigenvalue weighted by atomic mass is 16.5. The Morgan fingerprint density at radius 3 is 1.17 bits per heavy atom. The van der Waals surface area contributed by atoms with Crippen LogP contribution >= 0.6 is 0 Å². The summed E-state index contributed by atoms with van der Waals surface area (Å²) in [6, 6.07) is 124. The summed E-state index contributed by atoms with van der Waals surface area (Å²) in [5.41, 5.74) is 26.5. The molecular formula is C84H56B2N6O. The molecule has 4 aliphatic heterocycles. The van der Waals surface area contributed by atoms with Gasteiger partial charge < -0.3 is 33.8 Å². The van der Waals surface area contributed by atoms with Gasteiger partial charge in [0.1, 0.15) is 11.5 Å². The molecule has 0 fully saturated rings. The maximum Gasteiger partial charge on any atom is 0.256 e. The Balaban J connectivity index is 0.958. The average Bonchev–Trinajstić information content (AvgIpc) is 1.32. The Hall–Kier alpha value is -12.2. The third-order valence-corrected chi connectivity index (χ3v) is 19.3. The first-order chi connectivity index (χ1) is 46.2. The van der Waals surface area contributed by atoms with Crippen LogP contribution in [0.1, 0.15) is 0 Å². The van der Waals surface area contributed by atoms with Crippen molar-refractivity contribution in [2.24, 2.45) is 0 Å². The van der Waals surface area contributed by atoms with E-state index in [1.165, 1.54) is 32.6 Å². The zero-order chi connectivity index (χ0) is 61.1. The van der Waals surface area contributed by atoms with Gasteiger partial charge in [-0.05, 0) is 166 Å². The lowest BCUT2D eigenvalue weighted by molar-refractivity contribution is 0.487. The molecule has 19 rings (SSSR count). The summed E-state index contributed by atoms with van der Waals surface area (Å²) < 4.78 is 9.81. The number of ether oxygens (including phenoxy) is 1. The van der Waals surface area contributed by atoms with Gasteiger partial charge in [0, 0.05) is 85.1 Å². The van der Waals surface area contributed by atoms with Crippen LogP contribution in [0.25, 0.3) is 27.5 Å². The zero-order valence-corrected chi connectivity index (χ0v) is 50.6.